The van der Waals surface area contributed by atoms with Crippen LogP contribution in [0.25, 0.3) is 0 Å². The lowest BCUT2D eigenvalue weighted by Crippen LogP contribution is -2.35. The third kappa shape index (κ3) is 8.16. The summed E-state index contributed by atoms with van der Waals surface area (Å²) < 4.78 is 11.1. The fourth-order valence-corrected chi connectivity index (χ4v) is 3.17. The summed E-state index contributed by atoms with van der Waals surface area (Å²) in [4.78, 5) is 36.5. The largest absolute Gasteiger partial charge is 0.495 e. The van der Waals surface area contributed by atoms with Gasteiger partial charge in [-0.3, -0.25) is 14.4 Å². The number of nitrogens with one attached hydrogen (secondary N) is 2. The van der Waals surface area contributed by atoms with Crippen LogP contribution in [0.2, 0.25) is 0 Å². The number of methoxy groups -OCH3 is 1. The van der Waals surface area contributed by atoms with E-state index in [0.717, 1.165) is 14.9 Å². The van der Waals surface area contributed by atoms with Gasteiger partial charge in [-0.05, 0) is 48.9 Å². The van der Waals surface area contributed by atoms with E-state index >= 15 is 0 Å². The van der Waals surface area contributed by atoms with E-state index in [4.69, 9.17) is 9.47 Å². The third-order valence-corrected chi connectivity index (χ3v) is 5.12. The van der Waals surface area contributed by atoms with E-state index in [2.05, 4.69) is 26.6 Å². The number of hydrogen-bond acceptors (Lipinski definition) is 6. The molecule has 9 heteroatoms. The van der Waals surface area contributed by atoms with Gasteiger partial charge >= 0.3 is 5.97 Å². The smallest absolute Gasteiger partial charge is 0.316 e. The Morgan fingerprint density at radius 1 is 1.07 bits per heavy atom. The topological polar surface area (TPSA) is 93.7 Å². The monoisotopic (exact) mass is 480 g/mol. The molecular formula is C20H21BrN2O5S. The van der Waals surface area contributed by atoms with Gasteiger partial charge in [-0.1, -0.05) is 22.0 Å². The molecule has 0 heterocycles. The second-order valence-electron chi connectivity index (χ2n) is 5.93. The van der Waals surface area contributed by atoms with Crippen molar-refractivity contribution in [3.63, 3.8) is 0 Å². The number of benzene rings is 2. The van der Waals surface area contributed by atoms with Gasteiger partial charge in [0.15, 0.2) is 6.61 Å². The van der Waals surface area contributed by atoms with Crippen LogP contribution in [-0.2, 0) is 19.1 Å². The quantitative estimate of drug-likeness (QED) is 0.422. The highest BCUT2D eigenvalue weighted by Crippen LogP contribution is 2.25. The summed E-state index contributed by atoms with van der Waals surface area (Å²) in [7, 11) is 1.51. The molecule has 2 aromatic rings. The Kier molecular flexibility index (Phi) is 9.01. The number of esters is 1. The number of aryl methyl sites for hydroxylation is 1. The van der Waals surface area contributed by atoms with Crippen LogP contribution in [0, 0.1) is 6.92 Å². The Bertz CT molecular complexity index is 874. The molecule has 2 aromatic carbocycles. The molecule has 0 aliphatic carbocycles. The first-order valence-corrected chi connectivity index (χ1v) is 10.4. The zero-order valence-electron chi connectivity index (χ0n) is 16.0. The van der Waals surface area contributed by atoms with Crippen LogP contribution in [0.5, 0.6) is 5.75 Å². The summed E-state index contributed by atoms with van der Waals surface area (Å²) in [5.41, 5.74) is 1.47. The predicted octanol–water partition coefficient (Wildman–Crippen LogP) is 3.16. The lowest BCUT2D eigenvalue weighted by molar-refractivity contribution is -0.146. The highest BCUT2D eigenvalue weighted by molar-refractivity contribution is 9.10. The van der Waals surface area contributed by atoms with E-state index < -0.39 is 24.4 Å². The second-order valence-corrected chi connectivity index (χ2v) is 7.90. The molecule has 0 saturated carbocycles. The molecule has 0 saturated heterocycles. The SMILES string of the molecule is COc1ccc(C)cc1NC(=O)CNC(=O)COC(=O)CSc1ccc(Br)cc1. The van der Waals surface area contributed by atoms with Gasteiger partial charge in [0.2, 0.25) is 5.91 Å². The minimum absolute atomic E-state index is 0.0859. The van der Waals surface area contributed by atoms with Crippen LogP contribution in [0.1, 0.15) is 5.56 Å². The van der Waals surface area contributed by atoms with Crippen LogP contribution in [0.15, 0.2) is 51.8 Å². The standard InChI is InChI=1S/C20H21BrN2O5S/c1-13-3-8-17(27-2)16(9-13)23-18(24)10-22-19(25)11-28-20(26)12-29-15-6-4-14(21)5-7-15/h3-9H,10-12H2,1-2H3,(H,22,25)(H,23,24). The van der Waals surface area contributed by atoms with Crippen LogP contribution in [0.3, 0.4) is 0 Å². The van der Waals surface area contributed by atoms with Crippen molar-refractivity contribution in [3.8, 4) is 5.75 Å². The third-order valence-electron chi connectivity index (χ3n) is 3.61. The normalized spacial score (nSPS) is 10.2. The van der Waals surface area contributed by atoms with Gasteiger partial charge in [0.05, 0.1) is 25.1 Å². The molecule has 2 amide bonds. The summed E-state index contributed by atoms with van der Waals surface area (Å²) in [6.45, 7) is 1.20. The first-order valence-electron chi connectivity index (χ1n) is 8.62. The molecule has 0 aromatic heterocycles. The molecule has 0 spiro atoms. The molecule has 0 fully saturated rings. The van der Waals surface area contributed by atoms with Gasteiger partial charge < -0.3 is 20.1 Å². The molecule has 0 bridgehead atoms. The number of carbonyl (C=O) groups excluding carboxylic acids is 3. The summed E-state index contributed by atoms with van der Waals surface area (Å²) in [5.74, 6) is -0.880. The van der Waals surface area contributed by atoms with Crippen molar-refractivity contribution >= 4 is 51.2 Å². The zero-order valence-corrected chi connectivity index (χ0v) is 18.4. The molecule has 0 unspecified atom stereocenters. The number of thioether (sulfide) groups is 1. The maximum absolute atomic E-state index is 12.0. The molecule has 0 aliphatic heterocycles. The first kappa shape index (κ1) is 22.8. The van der Waals surface area contributed by atoms with Gasteiger partial charge in [-0.25, -0.2) is 0 Å². The lowest BCUT2D eigenvalue weighted by Gasteiger charge is -2.11. The highest BCUT2D eigenvalue weighted by Gasteiger charge is 2.11. The van der Waals surface area contributed by atoms with E-state index in [1.165, 1.54) is 18.9 Å². The lowest BCUT2D eigenvalue weighted by atomic mass is 10.2. The maximum atomic E-state index is 12.0. The maximum Gasteiger partial charge on any atom is 0.316 e. The predicted molar refractivity (Wildman–Crippen MR) is 115 cm³/mol. The average molecular weight is 481 g/mol. The molecule has 2 N–H and O–H groups in total. The Morgan fingerprint density at radius 3 is 2.48 bits per heavy atom. The minimum atomic E-state index is -0.557. The van der Waals surface area contributed by atoms with Gasteiger partial charge in [0.25, 0.3) is 5.91 Å². The van der Waals surface area contributed by atoms with Crippen molar-refractivity contribution in [1.82, 2.24) is 5.32 Å². The molecule has 0 atom stereocenters. The van der Waals surface area contributed by atoms with Crippen molar-refractivity contribution < 1.29 is 23.9 Å². The average Bonchev–Trinajstić information content (AvgIpc) is 2.70. The summed E-state index contributed by atoms with van der Waals surface area (Å²) in [5, 5.41) is 5.08. The van der Waals surface area contributed by atoms with E-state index in [1.807, 2.05) is 37.3 Å². The van der Waals surface area contributed by atoms with E-state index in [1.54, 1.807) is 12.1 Å². The fourth-order valence-electron chi connectivity index (χ4n) is 2.20. The van der Waals surface area contributed by atoms with Crippen LogP contribution < -0.4 is 15.4 Å². The number of carbonyl (C=O) groups is 3. The van der Waals surface area contributed by atoms with E-state index in [9.17, 15) is 14.4 Å². The van der Waals surface area contributed by atoms with Crippen molar-refractivity contribution in [2.45, 2.75) is 11.8 Å². The molecule has 154 valence electrons. The minimum Gasteiger partial charge on any atom is -0.495 e. The molecular weight excluding hydrogens is 460 g/mol. The molecule has 0 radical (unpaired) electrons. The van der Waals surface area contributed by atoms with E-state index in [0.29, 0.717) is 11.4 Å². The fraction of sp³-hybridized carbons (Fsp3) is 0.250. The summed E-state index contributed by atoms with van der Waals surface area (Å²) >= 11 is 4.65. The molecule has 0 aliphatic rings. The molecule has 2 rings (SSSR count). The van der Waals surface area contributed by atoms with E-state index in [-0.39, 0.29) is 12.3 Å². The highest BCUT2D eigenvalue weighted by atomic mass is 79.9. The first-order chi connectivity index (χ1) is 13.9. The van der Waals surface area contributed by atoms with Gasteiger partial charge in [0.1, 0.15) is 5.75 Å². The van der Waals surface area contributed by atoms with Crippen LogP contribution >= 0.6 is 27.7 Å². The van der Waals surface area contributed by atoms with Crippen LogP contribution in [-0.4, -0.2) is 43.8 Å². The van der Waals surface area contributed by atoms with Crippen molar-refractivity contribution in [3.05, 3.63) is 52.5 Å². The Morgan fingerprint density at radius 2 is 1.79 bits per heavy atom. The summed E-state index contributed by atoms with van der Waals surface area (Å²) in [6.07, 6.45) is 0. The van der Waals surface area contributed by atoms with Gasteiger partial charge in [0, 0.05) is 9.37 Å². The summed E-state index contributed by atoms with van der Waals surface area (Å²) in [6, 6.07) is 12.9. The van der Waals surface area contributed by atoms with Crippen molar-refractivity contribution in [1.29, 1.82) is 0 Å². The number of hydrogen-bond donors (Lipinski definition) is 2. The molecule has 29 heavy (non-hydrogen) atoms. The van der Waals surface area contributed by atoms with Gasteiger partial charge in [-0.2, -0.15) is 0 Å². The Balaban J connectivity index is 1.68. The number of anilines is 1. The van der Waals surface area contributed by atoms with Crippen LogP contribution in [0.4, 0.5) is 5.69 Å². The Hall–Kier alpha value is -2.52. The second kappa shape index (κ2) is 11.5. The number of ether oxygens (including phenoxy) is 2. The number of rotatable bonds is 9. The number of amides is 2. The Labute approximate surface area is 181 Å². The van der Waals surface area contributed by atoms with Gasteiger partial charge in [-0.15, -0.1) is 11.8 Å². The number of halogens is 1. The van der Waals surface area contributed by atoms with Crippen molar-refractivity contribution in [2.75, 3.05) is 31.3 Å². The zero-order chi connectivity index (χ0) is 21.2. The molecule has 7 nitrogen and oxygen atoms in total. The van der Waals surface area contributed by atoms with Crippen molar-refractivity contribution in [2.24, 2.45) is 0 Å².